The van der Waals surface area contributed by atoms with Crippen LogP contribution in [0.4, 0.5) is 21.0 Å². The predicted molar refractivity (Wildman–Crippen MR) is 177 cm³/mol. The van der Waals surface area contributed by atoms with Gasteiger partial charge in [-0.15, -0.1) is 0 Å². The average Bonchev–Trinajstić information content (AvgIpc) is 3.77. The van der Waals surface area contributed by atoms with Gasteiger partial charge in [0.15, 0.2) is 0 Å². The first-order valence-corrected chi connectivity index (χ1v) is 15.9. The van der Waals surface area contributed by atoms with Crippen molar-refractivity contribution < 1.29 is 33.1 Å². The van der Waals surface area contributed by atoms with Crippen molar-refractivity contribution in [2.75, 3.05) is 23.7 Å². The van der Waals surface area contributed by atoms with Gasteiger partial charge in [-0.05, 0) is 104 Å². The number of anilines is 2. The average molecular weight is 646 g/mol. The van der Waals surface area contributed by atoms with E-state index < -0.39 is 35.5 Å². The number of hydrogen-bond acceptors (Lipinski definition) is 8. The first kappa shape index (κ1) is 33.5. The second-order valence-electron chi connectivity index (χ2n) is 13.8. The van der Waals surface area contributed by atoms with E-state index in [-0.39, 0.29) is 11.8 Å². The highest BCUT2D eigenvalue weighted by atomic mass is 16.6. The van der Waals surface area contributed by atoms with Crippen LogP contribution in [0, 0.1) is 0 Å². The monoisotopic (exact) mass is 645 g/mol. The second kappa shape index (κ2) is 13.5. The molecule has 2 saturated heterocycles. The molecule has 2 fully saturated rings. The molecule has 0 bridgehead atoms. The van der Waals surface area contributed by atoms with Crippen molar-refractivity contribution in [3.8, 4) is 22.7 Å². The highest BCUT2D eigenvalue weighted by molar-refractivity contribution is 5.98. The fourth-order valence-electron chi connectivity index (χ4n) is 5.57. The minimum atomic E-state index is -0.638. The van der Waals surface area contributed by atoms with E-state index in [1.54, 1.807) is 84.2 Å². The number of ether oxygens (including phenoxy) is 2. The number of aromatic nitrogens is 1. The van der Waals surface area contributed by atoms with E-state index in [2.05, 4.69) is 15.6 Å². The Morgan fingerprint density at radius 3 is 1.55 bits per heavy atom. The summed E-state index contributed by atoms with van der Waals surface area (Å²) in [7, 11) is 0. The zero-order valence-electron chi connectivity index (χ0n) is 27.8. The Labute approximate surface area is 274 Å². The third kappa shape index (κ3) is 8.49. The minimum Gasteiger partial charge on any atom is -0.444 e. The van der Waals surface area contributed by atoms with Gasteiger partial charge in [-0.3, -0.25) is 19.4 Å². The molecule has 47 heavy (non-hydrogen) atoms. The molecule has 3 aromatic rings. The second-order valence-corrected chi connectivity index (χ2v) is 13.8. The normalized spacial score (nSPS) is 18.2. The summed E-state index contributed by atoms with van der Waals surface area (Å²) in [5.41, 5.74) is 2.05. The number of carbonyl (C=O) groups is 4. The Bertz CT molecular complexity index is 1480. The summed E-state index contributed by atoms with van der Waals surface area (Å²) in [6, 6.07) is 13.2. The molecule has 12 nitrogen and oxygen atoms in total. The molecule has 0 radical (unpaired) electrons. The van der Waals surface area contributed by atoms with E-state index in [0.29, 0.717) is 48.9 Å². The maximum Gasteiger partial charge on any atom is 0.410 e. The van der Waals surface area contributed by atoms with E-state index in [1.165, 1.54) is 9.80 Å². The van der Waals surface area contributed by atoms with Crippen LogP contribution < -0.4 is 10.6 Å². The molecule has 250 valence electrons. The molecule has 2 aliphatic heterocycles. The molecule has 0 aliphatic carbocycles. The summed E-state index contributed by atoms with van der Waals surface area (Å²) >= 11 is 0. The SMILES string of the molecule is CC(C)(C)OC(=O)N1CCC[C@H]1C(=O)Nc1ccc(-c2coc(-c3ccc(NC(=O)[C@@H]4CCCN4C(=O)OC(C)(C)C)cc3)n2)cc1. The third-order valence-corrected chi connectivity index (χ3v) is 7.72. The van der Waals surface area contributed by atoms with E-state index in [0.717, 1.165) is 24.0 Å². The van der Waals surface area contributed by atoms with Crippen LogP contribution in [0.3, 0.4) is 0 Å². The lowest BCUT2D eigenvalue weighted by Crippen LogP contribution is -2.45. The molecule has 0 saturated carbocycles. The van der Waals surface area contributed by atoms with Crippen LogP contribution in [0.2, 0.25) is 0 Å². The van der Waals surface area contributed by atoms with Crippen LogP contribution in [0.1, 0.15) is 67.2 Å². The van der Waals surface area contributed by atoms with Crippen LogP contribution in [0.15, 0.2) is 59.2 Å². The van der Waals surface area contributed by atoms with Crippen LogP contribution in [-0.2, 0) is 19.1 Å². The number of oxazole rings is 1. The fraction of sp³-hybridized carbons (Fsp3) is 0.457. The molecule has 0 spiro atoms. The number of benzene rings is 2. The van der Waals surface area contributed by atoms with E-state index in [9.17, 15) is 19.2 Å². The van der Waals surface area contributed by atoms with Gasteiger partial charge in [0, 0.05) is 35.6 Å². The van der Waals surface area contributed by atoms with Gasteiger partial charge in [-0.1, -0.05) is 12.1 Å². The first-order chi connectivity index (χ1) is 22.2. The molecule has 2 atom stereocenters. The summed E-state index contributed by atoms with van der Waals surface area (Å²) < 4.78 is 16.7. The van der Waals surface area contributed by atoms with Crippen molar-refractivity contribution in [1.29, 1.82) is 0 Å². The van der Waals surface area contributed by atoms with Gasteiger partial charge in [-0.25, -0.2) is 14.6 Å². The van der Waals surface area contributed by atoms with Crippen molar-refractivity contribution >= 4 is 35.4 Å². The van der Waals surface area contributed by atoms with Gasteiger partial charge in [0.05, 0.1) is 0 Å². The van der Waals surface area contributed by atoms with Crippen molar-refractivity contribution in [1.82, 2.24) is 14.8 Å². The van der Waals surface area contributed by atoms with Gasteiger partial charge in [0.25, 0.3) is 0 Å². The maximum absolute atomic E-state index is 13.0. The van der Waals surface area contributed by atoms with Crippen molar-refractivity contribution in [2.45, 2.75) is 90.5 Å². The number of rotatable bonds is 6. The number of amides is 4. The molecule has 1 aromatic heterocycles. The van der Waals surface area contributed by atoms with Crippen LogP contribution in [0.25, 0.3) is 22.7 Å². The van der Waals surface area contributed by atoms with E-state index in [4.69, 9.17) is 13.9 Å². The summed E-state index contributed by atoms with van der Waals surface area (Å²) in [5.74, 6) is -0.110. The molecular formula is C35H43N5O7. The minimum absolute atomic E-state index is 0.256. The molecule has 5 rings (SSSR count). The van der Waals surface area contributed by atoms with Crippen LogP contribution in [0.5, 0.6) is 0 Å². The highest BCUT2D eigenvalue weighted by Crippen LogP contribution is 2.28. The lowest BCUT2D eigenvalue weighted by Gasteiger charge is -2.28. The van der Waals surface area contributed by atoms with Gasteiger partial charge < -0.3 is 24.5 Å². The molecule has 2 aromatic carbocycles. The zero-order chi connectivity index (χ0) is 33.9. The summed E-state index contributed by atoms with van der Waals surface area (Å²) in [6.07, 6.45) is 3.20. The van der Waals surface area contributed by atoms with Crippen molar-refractivity contribution in [3.05, 3.63) is 54.8 Å². The maximum atomic E-state index is 13.0. The molecule has 2 aliphatic rings. The van der Waals surface area contributed by atoms with Gasteiger partial charge in [-0.2, -0.15) is 0 Å². The Hall–Kier alpha value is -4.87. The Morgan fingerprint density at radius 2 is 1.13 bits per heavy atom. The summed E-state index contributed by atoms with van der Waals surface area (Å²) in [6.45, 7) is 11.8. The Morgan fingerprint density at radius 1 is 0.702 bits per heavy atom. The van der Waals surface area contributed by atoms with E-state index in [1.807, 2.05) is 12.1 Å². The third-order valence-electron chi connectivity index (χ3n) is 7.72. The Kier molecular flexibility index (Phi) is 9.60. The Balaban J connectivity index is 1.17. The number of likely N-dealkylation sites (tertiary alicyclic amines) is 2. The number of nitrogens with one attached hydrogen (secondary N) is 2. The van der Waals surface area contributed by atoms with Crippen molar-refractivity contribution in [2.24, 2.45) is 0 Å². The van der Waals surface area contributed by atoms with Gasteiger partial charge >= 0.3 is 12.2 Å². The van der Waals surface area contributed by atoms with Crippen LogP contribution >= 0.6 is 0 Å². The topological polar surface area (TPSA) is 143 Å². The zero-order valence-corrected chi connectivity index (χ0v) is 27.8. The highest BCUT2D eigenvalue weighted by Gasteiger charge is 2.38. The number of nitrogens with zero attached hydrogens (tertiary/aromatic N) is 3. The standard InChI is InChI=1S/C35H43N5O7/c1-34(2,3)46-32(43)39-19-7-9-27(39)29(41)36-24-15-11-22(12-16-24)26-21-45-31(38-26)23-13-17-25(18-14-23)37-30(42)28-10-8-20-40(28)33(44)47-35(4,5)6/h11-18,21,27-28H,7-10,19-20H2,1-6H3,(H,36,41)(H,37,42)/t27-,28-/m0/s1. The number of hydrogen-bond donors (Lipinski definition) is 2. The largest absolute Gasteiger partial charge is 0.444 e. The summed E-state index contributed by atoms with van der Waals surface area (Å²) in [5, 5.41) is 5.81. The molecule has 0 unspecified atom stereocenters. The smallest absolute Gasteiger partial charge is 0.410 e. The molecule has 12 heteroatoms. The first-order valence-electron chi connectivity index (χ1n) is 15.9. The van der Waals surface area contributed by atoms with Crippen LogP contribution in [-0.4, -0.2) is 75.2 Å². The summed E-state index contributed by atoms with van der Waals surface area (Å²) in [4.78, 5) is 58.8. The molecule has 3 heterocycles. The van der Waals surface area contributed by atoms with E-state index >= 15 is 0 Å². The lowest BCUT2D eigenvalue weighted by molar-refractivity contribution is -0.121. The fourth-order valence-corrected chi connectivity index (χ4v) is 5.57. The predicted octanol–water partition coefficient (Wildman–Crippen LogP) is 6.68. The number of carbonyl (C=O) groups excluding carboxylic acids is 4. The quantitative estimate of drug-likeness (QED) is 0.302. The molecule has 4 amide bonds. The van der Waals surface area contributed by atoms with Crippen molar-refractivity contribution in [3.63, 3.8) is 0 Å². The molecule has 2 N–H and O–H groups in total. The molecular weight excluding hydrogens is 602 g/mol. The van der Waals surface area contributed by atoms with Gasteiger partial charge in [0.2, 0.25) is 17.7 Å². The lowest BCUT2D eigenvalue weighted by atomic mass is 10.1. The van der Waals surface area contributed by atoms with Gasteiger partial charge in [0.1, 0.15) is 35.2 Å².